The number of aryl methyl sites for hydroxylation is 2. The lowest BCUT2D eigenvalue weighted by Gasteiger charge is -2.09. The van der Waals surface area contributed by atoms with Gasteiger partial charge in [-0.2, -0.15) is 4.80 Å². The predicted octanol–water partition coefficient (Wildman–Crippen LogP) is 10.1. The molecule has 12 rings (SSSR count). The van der Waals surface area contributed by atoms with Crippen molar-refractivity contribution in [2.45, 2.75) is 51.6 Å². The maximum Gasteiger partial charge on any atom is 0.260 e. The molecule has 6 aromatic carbocycles. The van der Waals surface area contributed by atoms with Crippen LogP contribution in [0.25, 0.3) is 87.2 Å². The number of benzene rings is 6. The number of aromatic amines is 4. The van der Waals surface area contributed by atoms with Gasteiger partial charge < -0.3 is 40.9 Å². The highest BCUT2D eigenvalue weighted by atomic mass is 19.1. The number of H-pyrrole nitrogens is 4. The van der Waals surface area contributed by atoms with Crippen molar-refractivity contribution in [2.24, 2.45) is 0 Å². The summed E-state index contributed by atoms with van der Waals surface area (Å²) in [7, 11) is 0. The van der Waals surface area contributed by atoms with Crippen molar-refractivity contribution in [3.05, 3.63) is 108 Å². The quantitative estimate of drug-likeness (QED) is 0.0447. The third-order valence-corrected chi connectivity index (χ3v) is 12.2. The van der Waals surface area contributed by atoms with Crippen molar-refractivity contribution in [1.82, 2.24) is 60.4 Å². The second-order valence-electron chi connectivity index (χ2n) is 16.7. The molecule has 0 spiro atoms. The van der Waals surface area contributed by atoms with Gasteiger partial charge in [0.05, 0.1) is 41.8 Å². The molecule has 0 unspecified atom stereocenters. The summed E-state index contributed by atoms with van der Waals surface area (Å²) in [5.74, 6) is 0.493. The molecular weight excluding hydrogens is 881 g/mol. The van der Waals surface area contributed by atoms with Gasteiger partial charge in [0.1, 0.15) is 23.3 Å². The van der Waals surface area contributed by atoms with Crippen LogP contribution in [0.2, 0.25) is 0 Å². The lowest BCUT2D eigenvalue weighted by Crippen LogP contribution is -2.06. The predicted molar refractivity (Wildman–Crippen MR) is 253 cm³/mol. The van der Waals surface area contributed by atoms with Gasteiger partial charge >= 0.3 is 0 Å². The molecule has 0 amide bonds. The van der Waals surface area contributed by atoms with Gasteiger partial charge in [0.15, 0.2) is 11.5 Å². The molecule has 344 valence electrons. The standard InChI is InChI=1S/2C24H21F2N7O/c25-13-4-6-19-15(10-13)17-12-18-16-11-14(26)5-7-20(16)29-22(18)23(21(17)28-19)34-9-3-1-2-8-33-24(27)30-31-32-33;25-13-4-6-19-15(10-13)17-12-18-16-11-14(26)5-7-20(16)29-22(18)23(21(17)28-19)34-9-3-1-2-8-33-31-24(27)30-32-33/h4-7,10-12,28-29H,1-3,8-9H2,(H2,27,30,32);4-7,10-12,28-29H,1-3,8-9H2,(H2,27,31). The lowest BCUT2D eigenvalue weighted by molar-refractivity contribution is 0.308. The zero-order chi connectivity index (χ0) is 46.5. The molecular formula is C48H42F4N14O2. The molecule has 0 saturated heterocycles. The van der Waals surface area contributed by atoms with Crippen molar-refractivity contribution in [3.8, 4) is 11.5 Å². The number of nitrogen functional groups attached to an aromatic ring is 2. The van der Waals surface area contributed by atoms with Crippen LogP contribution in [0.15, 0.2) is 84.9 Å². The van der Waals surface area contributed by atoms with Crippen molar-refractivity contribution in [1.29, 1.82) is 0 Å². The summed E-state index contributed by atoms with van der Waals surface area (Å²) in [5.41, 5.74) is 17.5. The van der Waals surface area contributed by atoms with Gasteiger partial charge in [0.25, 0.3) is 5.95 Å². The molecule has 0 fully saturated rings. The number of tetrazole rings is 2. The minimum Gasteiger partial charge on any atom is -0.489 e. The van der Waals surface area contributed by atoms with Crippen LogP contribution in [0.1, 0.15) is 38.5 Å². The molecule has 6 aromatic heterocycles. The van der Waals surface area contributed by atoms with Gasteiger partial charge in [-0.3, -0.25) is 0 Å². The number of aromatic nitrogens is 12. The summed E-state index contributed by atoms with van der Waals surface area (Å²) < 4.78 is 70.3. The number of fused-ring (bicyclic) bond motifs is 12. The number of rotatable bonds is 14. The number of halogens is 4. The first-order valence-corrected chi connectivity index (χ1v) is 22.2. The normalized spacial score (nSPS) is 11.9. The number of ether oxygens (including phenoxy) is 2. The zero-order valence-corrected chi connectivity index (χ0v) is 36.2. The van der Waals surface area contributed by atoms with E-state index >= 15 is 0 Å². The van der Waals surface area contributed by atoms with E-state index in [1.807, 2.05) is 12.1 Å². The number of hydrogen-bond acceptors (Lipinski definition) is 10. The van der Waals surface area contributed by atoms with Gasteiger partial charge in [-0.1, -0.05) is 10.2 Å². The van der Waals surface area contributed by atoms with E-state index in [0.717, 1.165) is 126 Å². The van der Waals surface area contributed by atoms with E-state index in [1.165, 1.54) is 53.3 Å². The van der Waals surface area contributed by atoms with Crippen molar-refractivity contribution in [2.75, 3.05) is 24.7 Å². The number of anilines is 2. The molecule has 0 radical (unpaired) electrons. The maximum absolute atomic E-state index is 14.0. The Morgan fingerprint density at radius 2 is 0.868 bits per heavy atom. The van der Waals surface area contributed by atoms with E-state index in [2.05, 4.69) is 50.9 Å². The van der Waals surface area contributed by atoms with Gasteiger partial charge in [0.2, 0.25) is 5.95 Å². The molecule has 0 atom stereocenters. The Balaban J connectivity index is 0.000000149. The monoisotopic (exact) mass is 922 g/mol. The number of hydrogen-bond donors (Lipinski definition) is 6. The molecule has 12 aromatic rings. The first kappa shape index (κ1) is 42.2. The van der Waals surface area contributed by atoms with Crippen molar-refractivity contribution in [3.63, 3.8) is 0 Å². The van der Waals surface area contributed by atoms with Gasteiger partial charge in [-0.05, 0) is 139 Å². The minimum absolute atomic E-state index is 0.164. The number of unbranched alkanes of at least 4 members (excludes halogenated alkanes) is 4. The fourth-order valence-electron chi connectivity index (χ4n) is 9.03. The Labute approximate surface area is 381 Å². The molecule has 16 nitrogen and oxygen atoms in total. The van der Waals surface area contributed by atoms with E-state index in [9.17, 15) is 17.6 Å². The van der Waals surface area contributed by atoms with Crippen molar-refractivity contribution < 1.29 is 27.0 Å². The first-order valence-electron chi connectivity index (χ1n) is 22.2. The summed E-state index contributed by atoms with van der Waals surface area (Å²) in [5, 5.41) is 28.9. The van der Waals surface area contributed by atoms with E-state index in [4.69, 9.17) is 20.9 Å². The molecule has 8 N–H and O–H groups in total. The maximum atomic E-state index is 14.0. The Bertz CT molecular complexity index is 3640. The highest BCUT2D eigenvalue weighted by Crippen LogP contribution is 2.43. The summed E-state index contributed by atoms with van der Waals surface area (Å²) in [4.78, 5) is 15.0. The average Bonchev–Trinajstić information content (AvgIpc) is 4.20. The van der Waals surface area contributed by atoms with Crippen LogP contribution in [0.3, 0.4) is 0 Å². The number of nitrogens with two attached hydrogens (primary N) is 2. The molecule has 0 aliphatic carbocycles. The highest BCUT2D eigenvalue weighted by Gasteiger charge is 2.20. The third kappa shape index (κ3) is 7.92. The second-order valence-corrected chi connectivity index (χ2v) is 16.7. The summed E-state index contributed by atoms with van der Waals surface area (Å²) >= 11 is 0. The van der Waals surface area contributed by atoms with Crippen LogP contribution in [-0.2, 0) is 13.1 Å². The fraction of sp³-hybridized carbons (Fsp3) is 0.208. The highest BCUT2D eigenvalue weighted by molar-refractivity contribution is 6.22. The van der Waals surface area contributed by atoms with Crippen LogP contribution in [0.5, 0.6) is 11.5 Å². The topological polar surface area (TPSA) is 221 Å². The Morgan fingerprint density at radius 3 is 1.24 bits per heavy atom. The van der Waals surface area contributed by atoms with Crippen LogP contribution in [0.4, 0.5) is 29.5 Å². The van der Waals surface area contributed by atoms with Crippen molar-refractivity contribution >= 4 is 99.1 Å². The SMILES string of the molecule is Nc1nnn(CCCCCOc2c3[nH]c4ccc(F)cc4c3cc3c2[nH]c2ccc(F)cc23)n1.Nc1nnnn1CCCCCOc1c2[nH]c3ccc(F)cc3c2cc2c1[nH]c1ccc(F)cc12. The van der Waals surface area contributed by atoms with E-state index < -0.39 is 0 Å². The van der Waals surface area contributed by atoms with Crippen LogP contribution < -0.4 is 20.9 Å². The fourth-order valence-corrected chi connectivity index (χ4v) is 9.03. The molecule has 0 bridgehead atoms. The lowest BCUT2D eigenvalue weighted by atomic mass is 10.1. The molecule has 68 heavy (non-hydrogen) atoms. The van der Waals surface area contributed by atoms with Crippen LogP contribution >= 0.6 is 0 Å². The molecule has 6 heterocycles. The summed E-state index contributed by atoms with van der Waals surface area (Å²) in [6.45, 7) is 2.23. The number of nitrogens with zero attached hydrogens (tertiary/aromatic N) is 8. The first-order chi connectivity index (χ1) is 33.1. The Kier molecular flexibility index (Phi) is 10.8. The Hall–Kier alpha value is -8.42. The van der Waals surface area contributed by atoms with E-state index in [-0.39, 0.29) is 29.2 Å². The molecule has 0 saturated carbocycles. The second kappa shape index (κ2) is 17.4. The van der Waals surface area contributed by atoms with E-state index in [1.54, 1.807) is 28.9 Å². The largest absolute Gasteiger partial charge is 0.489 e. The van der Waals surface area contributed by atoms with Crippen LogP contribution in [-0.4, -0.2) is 73.6 Å². The summed E-state index contributed by atoms with van der Waals surface area (Å²) in [6, 6.07) is 22.5. The van der Waals surface area contributed by atoms with E-state index in [0.29, 0.717) is 43.8 Å². The summed E-state index contributed by atoms with van der Waals surface area (Å²) in [6.07, 6.45) is 5.13. The molecule has 0 aliphatic rings. The van der Waals surface area contributed by atoms with Gasteiger partial charge in [-0.15, -0.1) is 5.10 Å². The smallest absolute Gasteiger partial charge is 0.260 e. The molecule has 0 aliphatic heterocycles. The average molecular weight is 923 g/mol. The van der Waals surface area contributed by atoms with Gasteiger partial charge in [-0.25, -0.2) is 22.2 Å². The minimum atomic E-state index is -0.316. The molecule has 20 heteroatoms. The van der Waals surface area contributed by atoms with Crippen LogP contribution in [0, 0.1) is 23.3 Å². The van der Waals surface area contributed by atoms with Gasteiger partial charge in [0, 0.05) is 71.7 Å². The number of nitrogens with one attached hydrogen (secondary N) is 4. The Morgan fingerprint density at radius 1 is 0.456 bits per heavy atom. The zero-order valence-electron chi connectivity index (χ0n) is 36.2. The third-order valence-electron chi connectivity index (χ3n) is 12.2.